The third-order valence-electron chi connectivity index (χ3n) is 2.13. The van der Waals surface area contributed by atoms with E-state index in [-0.39, 0.29) is 0 Å². The summed E-state index contributed by atoms with van der Waals surface area (Å²) in [5.41, 5.74) is 2.37. The highest BCUT2D eigenvalue weighted by atomic mass is 32.1. The molecule has 3 aromatic rings. The van der Waals surface area contributed by atoms with Crippen LogP contribution in [-0.4, -0.2) is 9.97 Å². The van der Waals surface area contributed by atoms with Crippen LogP contribution < -0.4 is 0 Å². The van der Waals surface area contributed by atoms with Crippen molar-refractivity contribution in [2.45, 2.75) is 6.92 Å². The van der Waals surface area contributed by atoms with Gasteiger partial charge < -0.3 is 4.42 Å². The summed E-state index contributed by atoms with van der Waals surface area (Å²) in [6.07, 6.45) is 0. The van der Waals surface area contributed by atoms with Gasteiger partial charge in [0.15, 0.2) is 17.1 Å². The molecular formula is C11H8N2OS. The predicted molar refractivity (Wildman–Crippen MR) is 59.9 cm³/mol. The lowest BCUT2D eigenvalue weighted by Gasteiger charge is -1.94. The van der Waals surface area contributed by atoms with Crippen LogP contribution in [0.1, 0.15) is 5.89 Å². The molecule has 0 aromatic carbocycles. The molecule has 0 aliphatic rings. The van der Waals surface area contributed by atoms with E-state index in [0.717, 1.165) is 16.2 Å². The van der Waals surface area contributed by atoms with E-state index in [0.29, 0.717) is 11.5 Å². The lowest BCUT2D eigenvalue weighted by Crippen LogP contribution is -1.81. The van der Waals surface area contributed by atoms with Crippen LogP contribution in [0.25, 0.3) is 21.8 Å². The Hall–Kier alpha value is -1.68. The molecule has 0 fully saturated rings. The number of thiophene rings is 1. The van der Waals surface area contributed by atoms with E-state index in [2.05, 4.69) is 9.97 Å². The molecule has 0 N–H and O–H groups in total. The second kappa shape index (κ2) is 3.17. The smallest absolute Gasteiger partial charge is 0.199 e. The first-order valence-electron chi connectivity index (χ1n) is 4.61. The fraction of sp³-hybridized carbons (Fsp3) is 0.0909. The van der Waals surface area contributed by atoms with Crippen molar-refractivity contribution in [3.8, 4) is 10.6 Å². The minimum absolute atomic E-state index is 0.654. The van der Waals surface area contributed by atoms with Crippen molar-refractivity contribution in [1.29, 1.82) is 0 Å². The number of aryl methyl sites for hydroxylation is 1. The van der Waals surface area contributed by atoms with E-state index < -0.39 is 0 Å². The van der Waals surface area contributed by atoms with Gasteiger partial charge in [-0.2, -0.15) is 4.98 Å². The Morgan fingerprint density at radius 1 is 1.20 bits per heavy atom. The highest BCUT2D eigenvalue weighted by Gasteiger charge is 2.06. The van der Waals surface area contributed by atoms with E-state index >= 15 is 0 Å². The van der Waals surface area contributed by atoms with Crippen molar-refractivity contribution in [1.82, 2.24) is 9.97 Å². The lowest BCUT2D eigenvalue weighted by atomic mass is 10.3. The standard InChI is InChI=1S/C11H8N2OS/c1-7-12-11-9(14-7)5-4-8(13-11)10-3-2-6-15-10/h2-6H,1H3. The number of fused-ring (bicyclic) bond motifs is 1. The fourth-order valence-corrected chi connectivity index (χ4v) is 2.18. The molecule has 0 spiro atoms. The van der Waals surface area contributed by atoms with Crippen molar-refractivity contribution < 1.29 is 4.42 Å². The van der Waals surface area contributed by atoms with Gasteiger partial charge in [0.1, 0.15) is 0 Å². The van der Waals surface area contributed by atoms with Crippen LogP contribution in [0.3, 0.4) is 0 Å². The zero-order chi connectivity index (χ0) is 10.3. The molecule has 0 saturated heterocycles. The molecule has 0 unspecified atom stereocenters. The Morgan fingerprint density at radius 3 is 2.93 bits per heavy atom. The number of hydrogen-bond acceptors (Lipinski definition) is 4. The maximum atomic E-state index is 5.37. The van der Waals surface area contributed by atoms with Gasteiger partial charge in [-0.3, -0.25) is 0 Å². The predicted octanol–water partition coefficient (Wildman–Crippen LogP) is 3.26. The second-order valence-electron chi connectivity index (χ2n) is 3.23. The van der Waals surface area contributed by atoms with Crippen LogP contribution in [0.4, 0.5) is 0 Å². The molecule has 0 aliphatic heterocycles. The van der Waals surface area contributed by atoms with E-state index in [1.54, 1.807) is 11.3 Å². The molecular weight excluding hydrogens is 208 g/mol. The first-order valence-corrected chi connectivity index (χ1v) is 5.49. The summed E-state index contributed by atoms with van der Waals surface area (Å²) in [7, 11) is 0. The molecule has 0 radical (unpaired) electrons. The molecule has 15 heavy (non-hydrogen) atoms. The quantitative estimate of drug-likeness (QED) is 0.626. The van der Waals surface area contributed by atoms with E-state index in [1.807, 2.05) is 36.6 Å². The minimum atomic E-state index is 0.654. The summed E-state index contributed by atoms with van der Waals surface area (Å²) in [5.74, 6) is 0.654. The number of oxazole rings is 1. The maximum absolute atomic E-state index is 5.37. The Labute approximate surface area is 90.4 Å². The van der Waals surface area contributed by atoms with Gasteiger partial charge in [-0.05, 0) is 23.6 Å². The van der Waals surface area contributed by atoms with Crippen LogP contribution >= 0.6 is 11.3 Å². The molecule has 0 atom stereocenters. The van der Waals surface area contributed by atoms with E-state index in [9.17, 15) is 0 Å². The molecule has 3 aromatic heterocycles. The van der Waals surface area contributed by atoms with Gasteiger partial charge in [0, 0.05) is 6.92 Å². The van der Waals surface area contributed by atoms with Gasteiger partial charge in [-0.1, -0.05) is 6.07 Å². The largest absolute Gasteiger partial charge is 0.439 e. The topological polar surface area (TPSA) is 38.9 Å². The van der Waals surface area contributed by atoms with E-state index in [1.165, 1.54) is 0 Å². The van der Waals surface area contributed by atoms with Gasteiger partial charge in [0.2, 0.25) is 0 Å². The average molecular weight is 216 g/mol. The number of rotatable bonds is 1. The van der Waals surface area contributed by atoms with Crippen molar-refractivity contribution in [2.24, 2.45) is 0 Å². The second-order valence-corrected chi connectivity index (χ2v) is 4.18. The normalized spacial score (nSPS) is 11.0. The van der Waals surface area contributed by atoms with Crippen molar-refractivity contribution in [2.75, 3.05) is 0 Å². The molecule has 74 valence electrons. The Bertz CT molecular complexity index is 598. The van der Waals surface area contributed by atoms with Crippen LogP contribution in [0.5, 0.6) is 0 Å². The zero-order valence-corrected chi connectivity index (χ0v) is 8.91. The van der Waals surface area contributed by atoms with Crippen molar-refractivity contribution >= 4 is 22.6 Å². The monoisotopic (exact) mass is 216 g/mol. The summed E-state index contributed by atoms with van der Waals surface area (Å²) in [5, 5.41) is 2.04. The zero-order valence-electron chi connectivity index (χ0n) is 8.10. The highest BCUT2D eigenvalue weighted by Crippen LogP contribution is 2.24. The molecule has 0 amide bonds. The molecule has 3 rings (SSSR count). The number of hydrogen-bond donors (Lipinski definition) is 0. The lowest BCUT2D eigenvalue weighted by molar-refractivity contribution is 0.561. The van der Waals surface area contributed by atoms with Crippen LogP contribution in [-0.2, 0) is 0 Å². The highest BCUT2D eigenvalue weighted by molar-refractivity contribution is 7.13. The molecule has 3 nitrogen and oxygen atoms in total. The third-order valence-corrected chi connectivity index (χ3v) is 3.03. The Morgan fingerprint density at radius 2 is 2.13 bits per heavy atom. The summed E-state index contributed by atoms with van der Waals surface area (Å²) in [6.45, 7) is 1.83. The van der Waals surface area contributed by atoms with Crippen LogP contribution in [0.2, 0.25) is 0 Å². The minimum Gasteiger partial charge on any atom is -0.439 e. The van der Waals surface area contributed by atoms with Crippen LogP contribution in [0.15, 0.2) is 34.1 Å². The van der Waals surface area contributed by atoms with Gasteiger partial charge in [-0.15, -0.1) is 11.3 Å². The summed E-state index contributed by atoms with van der Waals surface area (Å²) in [4.78, 5) is 9.81. The molecule has 0 bridgehead atoms. The van der Waals surface area contributed by atoms with Crippen molar-refractivity contribution in [3.05, 3.63) is 35.5 Å². The number of aromatic nitrogens is 2. The van der Waals surface area contributed by atoms with Crippen molar-refractivity contribution in [3.63, 3.8) is 0 Å². The summed E-state index contributed by atoms with van der Waals surface area (Å²) < 4.78 is 5.37. The first kappa shape index (κ1) is 8.61. The van der Waals surface area contributed by atoms with Gasteiger partial charge in [0.25, 0.3) is 0 Å². The Balaban J connectivity index is 2.21. The fourth-order valence-electron chi connectivity index (χ4n) is 1.49. The maximum Gasteiger partial charge on any atom is 0.199 e. The van der Waals surface area contributed by atoms with Gasteiger partial charge in [-0.25, -0.2) is 4.98 Å². The number of pyridine rings is 1. The molecule has 0 saturated carbocycles. The first-order chi connectivity index (χ1) is 7.33. The van der Waals surface area contributed by atoms with Gasteiger partial charge >= 0.3 is 0 Å². The average Bonchev–Trinajstić information content (AvgIpc) is 2.82. The molecule has 3 heterocycles. The molecule has 0 aliphatic carbocycles. The number of nitrogens with zero attached hydrogens (tertiary/aromatic N) is 2. The SMILES string of the molecule is Cc1nc2nc(-c3cccs3)ccc2o1. The van der Waals surface area contributed by atoms with Crippen LogP contribution in [0, 0.1) is 6.92 Å². The van der Waals surface area contributed by atoms with Gasteiger partial charge in [0.05, 0.1) is 10.6 Å². The molecule has 4 heteroatoms. The third kappa shape index (κ3) is 1.43. The summed E-state index contributed by atoms with van der Waals surface area (Å²) in [6, 6.07) is 7.93. The Kier molecular flexibility index (Phi) is 1.82. The van der Waals surface area contributed by atoms with E-state index in [4.69, 9.17) is 4.42 Å². The summed E-state index contributed by atoms with van der Waals surface area (Å²) >= 11 is 1.67.